The fourth-order valence-electron chi connectivity index (χ4n) is 1.25. The molecular weight excluding hydrogens is 206 g/mol. The molecule has 2 rings (SSSR count). The van der Waals surface area contributed by atoms with Crippen molar-refractivity contribution in [2.45, 2.75) is 12.8 Å². The highest BCUT2D eigenvalue weighted by Crippen LogP contribution is 2.46. The van der Waals surface area contributed by atoms with Crippen LogP contribution in [-0.4, -0.2) is 37.5 Å². The molecule has 76 valence electrons. The van der Waals surface area contributed by atoms with E-state index in [1.54, 1.807) is 0 Å². The molecule has 3 nitrogen and oxygen atoms in total. The Balaban J connectivity index is 0.000000145. The topological polar surface area (TPSA) is 43.4 Å². The quantitative estimate of drug-likeness (QED) is 0.588. The maximum absolute atomic E-state index is 10.8. The van der Waals surface area contributed by atoms with Gasteiger partial charge in [-0.1, -0.05) is 0 Å². The summed E-state index contributed by atoms with van der Waals surface area (Å²) in [7, 11) is -1.14. The third-order valence-electron chi connectivity index (χ3n) is 1.92. The molecule has 0 radical (unpaired) electrons. The third-order valence-corrected chi connectivity index (χ3v) is 4.94. The first-order valence-corrected chi connectivity index (χ1v) is 8.21. The monoisotopic (exact) mass is 222 g/mol. The van der Waals surface area contributed by atoms with Crippen molar-refractivity contribution in [3.8, 4) is 0 Å². The normalized spacial score (nSPS) is 32.8. The minimum atomic E-state index is -2.45. The van der Waals surface area contributed by atoms with Crippen LogP contribution in [0.25, 0.3) is 0 Å². The van der Waals surface area contributed by atoms with Gasteiger partial charge in [0.2, 0.25) is 7.37 Å². The maximum Gasteiger partial charge on any atom is 0.207 e. The van der Waals surface area contributed by atoms with Crippen molar-refractivity contribution in [1.82, 2.24) is 0 Å². The summed E-state index contributed by atoms with van der Waals surface area (Å²) in [6.07, 6.45) is 6.21. The van der Waals surface area contributed by atoms with Crippen molar-refractivity contribution in [3.63, 3.8) is 0 Å². The van der Waals surface area contributed by atoms with Gasteiger partial charge in [0.1, 0.15) is 6.61 Å². The number of rotatable bonds is 0. The van der Waals surface area contributed by atoms with E-state index in [4.69, 9.17) is 0 Å². The van der Waals surface area contributed by atoms with Crippen molar-refractivity contribution in [2.75, 3.05) is 31.8 Å². The fourth-order valence-corrected chi connectivity index (χ4v) is 3.74. The van der Waals surface area contributed by atoms with Gasteiger partial charge >= 0.3 is 0 Å². The molecule has 2 heterocycles. The standard InChI is InChI=1S/C4H7O3P.C4H9P/c1-8(6)3-4(5)2-7-8;1-2-4-5-3-1/h2-3H2,1H3;5H,1-4H2. The van der Waals surface area contributed by atoms with Gasteiger partial charge in [0.15, 0.2) is 5.78 Å². The predicted octanol–water partition coefficient (Wildman–Crippen LogP) is 1.95. The molecule has 2 aliphatic heterocycles. The minimum absolute atomic E-state index is 0.0455. The molecule has 0 N–H and O–H groups in total. The van der Waals surface area contributed by atoms with Crippen molar-refractivity contribution >= 4 is 21.7 Å². The zero-order valence-electron chi connectivity index (χ0n) is 7.91. The molecule has 2 aliphatic rings. The van der Waals surface area contributed by atoms with Gasteiger partial charge in [-0.15, -0.1) is 8.58 Å². The first kappa shape index (κ1) is 11.4. The number of carbonyl (C=O) groups excluding carboxylic acids is 1. The van der Waals surface area contributed by atoms with E-state index in [1.807, 2.05) is 0 Å². The molecule has 0 aliphatic carbocycles. The van der Waals surface area contributed by atoms with E-state index < -0.39 is 7.37 Å². The molecule has 5 heteroatoms. The Labute approximate surface area is 80.9 Å². The lowest BCUT2D eigenvalue weighted by molar-refractivity contribution is -0.117. The summed E-state index contributed by atoms with van der Waals surface area (Å²) in [4.78, 5) is 10.4. The van der Waals surface area contributed by atoms with Gasteiger partial charge in [0.05, 0.1) is 6.16 Å². The summed E-state index contributed by atoms with van der Waals surface area (Å²) >= 11 is 0. The van der Waals surface area contributed by atoms with E-state index in [0.29, 0.717) is 0 Å². The highest BCUT2D eigenvalue weighted by atomic mass is 31.2. The second kappa shape index (κ2) is 5.24. The first-order valence-electron chi connectivity index (χ1n) is 4.54. The average Bonchev–Trinajstić information content (AvgIpc) is 2.62. The van der Waals surface area contributed by atoms with E-state index >= 15 is 0 Å². The molecule has 0 aromatic carbocycles. The fraction of sp³-hybridized carbons (Fsp3) is 0.875. The molecule has 0 aromatic heterocycles. The van der Waals surface area contributed by atoms with E-state index in [-0.39, 0.29) is 18.6 Å². The Kier molecular flexibility index (Phi) is 4.58. The molecule has 0 bridgehead atoms. The maximum atomic E-state index is 10.8. The van der Waals surface area contributed by atoms with Crippen LogP contribution in [0.5, 0.6) is 0 Å². The van der Waals surface area contributed by atoms with Gasteiger partial charge in [0, 0.05) is 6.66 Å². The lowest BCUT2D eigenvalue weighted by Gasteiger charge is -1.96. The molecule has 0 spiro atoms. The van der Waals surface area contributed by atoms with Crippen LogP contribution in [0.3, 0.4) is 0 Å². The number of Topliss-reactive ketones (excluding diaryl/α,β-unsaturated/α-hetero) is 1. The van der Waals surface area contributed by atoms with Gasteiger partial charge in [0.25, 0.3) is 0 Å². The van der Waals surface area contributed by atoms with Crippen LogP contribution < -0.4 is 0 Å². The van der Waals surface area contributed by atoms with E-state index in [0.717, 1.165) is 0 Å². The van der Waals surface area contributed by atoms with Crippen LogP contribution in [0.15, 0.2) is 0 Å². The van der Waals surface area contributed by atoms with Crippen LogP contribution in [0.1, 0.15) is 12.8 Å². The number of carbonyl (C=O) groups is 1. The minimum Gasteiger partial charge on any atom is -0.320 e. The lowest BCUT2D eigenvalue weighted by atomic mass is 10.4. The van der Waals surface area contributed by atoms with Crippen LogP contribution >= 0.6 is 15.9 Å². The summed E-state index contributed by atoms with van der Waals surface area (Å²) in [5.41, 5.74) is 0. The Hall–Kier alpha value is 0.290. The van der Waals surface area contributed by atoms with Crippen LogP contribution in [0.4, 0.5) is 0 Å². The lowest BCUT2D eigenvalue weighted by Crippen LogP contribution is -1.96. The molecule has 2 fully saturated rings. The zero-order chi connectivity index (χ0) is 9.73. The average molecular weight is 222 g/mol. The molecule has 13 heavy (non-hydrogen) atoms. The summed E-state index contributed by atoms with van der Waals surface area (Å²) in [5.74, 6) is -0.0455. The Morgan fingerprint density at radius 3 is 2.15 bits per heavy atom. The number of hydrogen-bond donors (Lipinski definition) is 0. The summed E-state index contributed by atoms with van der Waals surface area (Å²) in [5, 5.41) is 0. The second-order valence-corrected chi connectivity index (χ2v) is 7.54. The van der Waals surface area contributed by atoms with Crippen molar-refractivity contribution in [3.05, 3.63) is 0 Å². The zero-order valence-corrected chi connectivity index (χ0v) is 9.81. The molecule has 2 saturated heterocycles. The smallest absolute Gasteiger partial charge is 0.207 e. The van der Waals surface area contributed by atoms with Crippen molar-refractivity contribution in [2.24, 2.45) is 0 Å². The van der Waals surface area contributed by atoms with Crippen LogP contribution in [0.2, 0.25) is 0 Å². The SMILES string of the molecule is C1CCPC1.CP1(=O)CC(=O)CO1. The highest BCUT2D eigenvalue weighted by Gasteiger charge is 2.28. The first-order chi connectivity index (χ1) is 6.10. The van der Waals surface area contributed by atoms with E-state index in [1.165, 1.54) is 40.4 Å². The molecular formula is C8H16O3P2. The Morgan fingerprint density at radius 1 is 1.38 bits per heavy atom. The van der Waals surface area contributed by atoms with E-state index in [9.17, 15) is 9.36 Å². The predicted molar refractivity (Wildman–Crippen MR) is 56.6 cm³/mol. The second-order valence-electron chi connectivity index (χ2n) is 3.44. The van der Waals surface area contributed by atoms with Gasteiger partial charge < -0.3 is 4.52 Å². The van der Waals surface area contributed by atoms with Gasteiger partial charge in [-0.25, -0.2) is 0 Å². The van der Waals surface area contributed by atoms with Crippen molar-refractivity contribution < 1.29 is 13.9 Å². The van der Waals surface area contributed by atoms with Crippen molar-refractivity contribution in [1.29, 1.82) is 0 Å². The van der Waals surface area contributed by atoms with Gasteiger partial charge in [-0.3, -0.25) is 9.36 Å². The molecule has 1 unspecified atom stereocenters. The molecule has 0 saturated carbocycles. The highest BCUT2D eigenvalue weighted by molar-refractivity contribution is 7.59. The van der Waals surface area contributed by atoms with Crippen LogP contribution in [0, 0.1) is 0 Å². The van der Waals surface area contributed by atoms with Crippen LogP contribution in [-0.2, 0) is 13.9 Å². The van der Waals surface area contributed by atoms with E-state index in [2.05, 4.69) is 4.52 Å². The largest absolute Gasteiger partial charge is 0.320 e. The number of ketones is 1. The summed E-state index contributed by atoms with van der Waals surface area (Å²) < 4.78 is 15.4. The molecule has 0 aromatic rings. The summed E-state index contributed by atoms with van der Waals surface area (Å²) in [6.45, 7) is 1.53. The summed E-state index contributed by atoms with van der Waals surface area (Å²) in [6, 6.07) is 0. The number of hydrogen-bond acceptors (Lipinski definition) is 3. The molecule has 1 atom stereocenters. The van der Waals surface area contributed by atoms with Gasteiger partial charge in [-0.2, -0.15) is 0 Å². The third kappa shape index (κ3) is 4.90. The molecule has 0 amide bonds. The Morgan fingerprint density at radius 2 is 2.00 bits per heavy atom. The van der Waals surface area contributed by atoms with Gasteiger partial charge in [-0.05, 0) is 25.2 Å². The Bertz CT molecular complexity index is 216.